The lowest BCUT2D eigenvalue weighted by atomic mass is 9.82. The Morgan fingerprint density at radius 3 is 2.26 bits per heavy atom. The van der Waals surface area contributed by atoms with Crippen LogP contribution < -0.4 is 10.2 Å². The highest BCUT2D eigenvalue weighted by Crippen LogP contribution is 2.32. The van der Waals surface area contributed by atoms with Crippen LogP contribution in [0.3, 0.4) is 0 Å². The van der Waals surface area contributed by atoms with Gasteiger partial charge in [0.2, 0.25) is 5.91 Å². The molecule has 0 radical (unpaired) electrons. The number of halogens is 1. The third-order valence-corrected chi connectivity index (χ3v) is 6.91. The zero-order valence-corrected chi connectivity index (χ0v) is 18.2. The van der Waals surface area contributed by atoms with Crippen LogP contribution in [0.15, 0.2) is 18.2 Å². The molecule has 168 valence electrons. The summed E-state index contributed by atoms with van der Waals surface area (Å²) in [6.45, 7) is 3.86. The molecule has 31 heavy (non-hydrogen) atoms. The van der Waals surface area contributed by atoms with Gasteiger partial charge in [0.15, 0.2) is 5.78 Å². The van der Waals surface area contributed by atoms with Gasteiger partial charge in [-0.3, -0.25) is 14.4 Å². The van der Waals surface area contributed by atoms with Crippen molar-refractivity contribution in [1.82, 2.24) is 10.2 Å². The first kappa shape index (κ1) is 21.8. The first-order chi connectivity index (χ1) is 14.9. The Hall–Kier alpha value is -2.44. The van der Waals surface area contributed by atoms with Crippen LogP contribution in [0.5, 0.6) is 0 Å². The Morgan fingerprint density at radius 2 is 1.68 bits per heavy atom. The molecule has 4 rings (SSSR count). The van der Waals surface area contributed by atoms with Crippen LogP contribution in [-0.2, 0) is 9.59 Å². The SMILES string of the molecule is CC(=O)C(NC(=O)c1ccc(N2CCN(C(=O)C3CC3)CC2)c(F)c1)C1CCCCC1. The van der Waals surface area contributed by atoms with Crippen molar-refractivity contribution in [3.8, 4) is 0 Å². The monoisotopic (exact) mass is 429 g/mol. The molecule has 2 aliphatic carbocycles. The lowest BCUT2D eigenvalue weighted by Gasteiger charge is -2.36. The van der Waals surface area contributed by atoms with E-state index in [-0.39, 0.29) is 29.1 Å². The summed E-state index contributed by atoms with van der Waals surface area (Å²) in [4.78, 5) is 40.9. The molecular formula is C24H32FN3O3. The van der Waals surface area contributed by atoms with Gasteiger partial charge in [0.25, 0.3) is 5.91 Å². The largest absolute Gasteiger partial charge is 0.366 e. The summed E-state index contributed by atoms with van der Waals surface area (Å²) in [5.74, 6) is -0.314. The molecule has 1 N–H and O–H groups in total. The van der Waals surface area contributed by atoms with Crippen LogP contribution in [0.2, 0.25) is 0 Å². The summed E-state index contributed by atoms with van der Waals surface area (Å²) in [5, 5.41) is 2.85. The average Bonchev–Trinajstić information content (AvgIpc) is 3.63. The molecule has 0 spiro atoms. The smallest absolute Gasteiger partial charge is 0.251 e. The second-order valence-corrected chi connectivity index (χ2v) is 9.21. The predicted octanol–water partition coefficient (Wildman–Crippen LogP) is 3.15. The molecule has 7 heteroatoms. The second kappa shape index (κ2) is 9.37. The Balaban J connectivity index is 1.38. The number of piperazine rings is 1. The molecule has 1 aromatic carbocycles. The van der Waals surface area contributed by atoms with Crippen molar-refractivity contribution in [1.29, 1.82) is 0 Å². The first-order valence-corrected chi connectivity index (χ1v) is 11.6. The van der Waals surface area contributed by atoms with Gasteiger partial charge in [-0.1, -0.05) is 19.3 Å². The Labute approximate surface area is 183 Å². The molecule has 0 bridgehead atoms. The van der Waals surface area contributed by atoms with E-state index in [4.69, 9.17) is 0 Å². The number of nitrogens with one attached hydrogen (secondary N) is 1. The number of anilines is 1. The minimum atomic E-state index is -0.507. The van der Waals surface area contributed by atoms with Crippen molar-refractivity contribution in [2.45, 2.75) is 57.9 Å². The Morgan fingerprint density at radius 1 is 1.00 bits per heavy atom. The number of ketones is 1. The Kier molecular flexibility index (Phi) is 6.58. The number of hydrogen-bond donors (Lipinski definition) is 1. The van der Waals surface area contributed by atoms with Crippen LogP contribution in [0.4, 0.5) is 10.1 Å². The molecule has 1 unspecified atom stereocenters. The number of benzene rings is 1. The maximum atomic E-state index is 14.9. The molecular weight excluding hydrogens is 397 g/mol. The topological polar surface area (TPSA) is 69.7 Å². The lowest BCUT2D eigenvalue weighted by molar-refractivity contribution is -0.132. The van der Waals surface area contributed by atoms with Gasteiger partial charge in [-0.2, -0.15) is 0 Å². The van der Waals surface area contributed by atoms with Crippen LogP contribution in [-0.4, -0.2) is 54.7 Å². The van der Waals surface area contributed by atoms with E-state index in [1.54, 1.807) is 12.1 Å². The number of carbonyl (C=O) groups excluding carboxylic acids is 3. The fraction of sp³-hybridized carbons (Fsp3) is 0.625. The van der Waals surface area contributed by atoms with Gasteiger partial charge in [0, 0.05) is 37.7 Å². The summed E-state index contributed by atoms with van der Waals surface area (Å²) in [6, 6.07) is 4.00. The van der Waals surface area contributed by atoms with Gasteiger partial charge in [-0.15, -0.1) is 0 Å². The predicted molar refractivity (Wildman–Crippen MR) is 116 cm³/mol. The van der Waals surface area contributed by atoms with Crippen LogP contribution in [0.25, 0.3) is 0 Å². The number of nitrogens with zero attached hydrogens (tertiary/aromatic N) is 2. The zero-order chi connectivity index (χ0) is 22.0. The summed E-state index contributed by atoms with van der Waals surface area (Å²) >= 11 is 0. The third-order valence-electron chi connectivity index (χ3n) is 6.91. The highest BCUT2D eigenvalue weighted by molar-refractivity contribution is 5.98. The summed E-state index contributed by atoms with van der Waals surface area (Å²) in [7, 11) is 0. The van der Waals surface area contributed by atoms with Gasteiger partial charge in [-0.05, 0) is 56.7 Å². The second-order valence-electron chi connectivity index (χ2n) is 9.21. The first-order valence-electron chi connectivity index (χ1n) is 11.6. The van der Waals surface area contributed by atoms with Crippen molar-refractivity contribution in [2.75, 3.05) is 31.1 Å². The van der Waals surface area contributed by atoms with E-state index in [9.17, 15) is 18.8 Å². The van der Waals surface area contributed by atoms with Crippen molar-refractivity contribution >= 4 is 23.3 Å². The molecule has 3 aliphatic rings. The van der Waals surface area contributed by atoms with E-state index in [1.807, 2.05) is 9.80 Å². The number of hydrogen-bond acceptors (Lipinski definition) is 4. The molecule has 6 nitrogen and oxygen atoms in total. The fourth-order valence-corrected chi connectivity index (χ4v) is 4.90. The maximum absolute atomic E-state index is 14.9. The van der Waals surface area contributed by atoms with Crippen molar-refractivity contribution in [3.05, 3.63) is 29.6 Å². The van der Waals surface area contributed by atoms with E-state index >= 15 is 0 Å². The molecule has 1 atom stereocenters. The molecule has 2 saturated carbocycles. The number of rotatable bonds is 6. The molecule has 1 heterocycles. The third kappa shape index (κ3) is 5.08. The van der Waals surface area contributed by atoms with Gasteiger partial charge in [0.05, 0.1) is 11.7 Å². The molecule has 3 fully saturated rings. The maximum Gasteiger partial charge on any atom is 0.251 e. The minimum Gasteiger partial charge on any atom is -0.366 e. The number of carbonyl (C=O) groups is 3. The molecule has 1 aromatic rings. The van der Waals surface area contributed by atoms with E-state index in [2.05, 4.69) is 5.32 Å². The van der Waals surface area contributed by atoms with E-state index in [0.29, 0.717) is 31.9 Å². The number of amides is 2. The molecule has 2 amide bonds. The summed E-state index contributed by atoms with van der Waals surface area (Å²) in [5.41, 5.74) is 0.677. The van der Waals surface area contributed by atoms with Crippen molar-refractivity contribution in [3.63, 3.8) is 0 Å². The van der Waals surface area contributed by atoms with E-state index in [0.717, 1.165) is 38.5 Å². The normalized spacial score (nSPS) is 21.0. The number of Topliss-reactive ketones (excluding diaryl/α,β-unsaturated/α-hetero) is 1. The molecule has 1 saturated heterocycles. The summed E-state index contributed by atoms with van der Waals surface area (Å²) in [6.07, 6.45) is 7.18. The van der Waals surface area contributed by atoms with Gasteiger partial charge >= 0.3 is 0 Å². The highest BCUT2D eigenvalue weighted by Gasteiger charge is 2.35. The van der Waals surface area contributed by atoms with Crippen molar-refractivity contribution in [2.24, 2.45) is 11.8 Å². The average molecular weight is 430 g/mol. The Bertz CT molecular complexity index is 840. The quantitative estimate of drug-likeness (QED) is 0.754. The molecule has 1 aliphatic heterocycles. The van der Waals surface area contributed by atoms with Crippen LogP contribution in [0.1, 0.15) is 62.2 Å². The standard InChI is InChI=1S/C24H32FN3O3/c1-16(29)22(17-5-3-2-4-6-17)26-23(30)19-9-10-21(20(25)15-19)27-11-13-28(14-12-27)24(31)18-7-8-18/h9-10,15,17-18,22H,2-8,11-14H2,1H3,(H,26,30). The zero-order valence-electron chi connectivity index (χ0n) is 18.2. The lowest BCUT2D eigenvalue weighted by Crippen LogP contribution is -2.49. The van der Waals surface area contributed by atoms with Crippen LogP contribution in [0, 0.1) is 17.7 Å². The molecule has 0 aromatic heterocycles. The van der Waals surface area contributed by atoms with Gasteiger partial charge < -0.3 is 15.1 Å². The van der Waals surface area contributed by atoms with Gasteiger partial charge in [0.1, 0.15) is 5.82 Å². The summed E-state index contributed by atoms with van der Waals surface area (Å²) < 4.78 is 14.9. The van der Waals surface area contributed by atoms with Crippen LogP contribution >= 0.6 is 0 Å². The van der Waals surface area contributed by atoms with Gasteiger partial charge in [-0.25, -0.2) is 4.39 Å². The minimum absolute atomic E-state index is 0.0454. The highest BCUT2D eigenvalue weighted by atomic mass is 19.1. The van der Waals surface area contributed by atoms with Crippen molar-refractivity contribution < 1.29 is 18.8 Å². The fourth-order valence-electron chi connectivity index (χ4n) is 4.90. The van der Waals surface area contributed by atoms with E-state index in [1.165, 1.54) is 19.4 Å². The van der Waals surface area contributed by atoms with E-state index < -0.39 is 17.8 Å².